The van der Waals surface area contributed by atoms with Gasteiger partial charge in [0.1, 0.15) is 4.83 Å². The second kappa shape index (κ2) is 9.51. The fourth-order valence-corrected chi connectivity index (χ4v) is 4.60. The first-order chi connectivity index (χ1) is 14.6. The molecule has 2 unspecified atom stereocenters. The van der Waals surface area contributed by atoms with Gasteiger partial charge in [0.25, 0.3) is 5.56 Å². The topological polar surface area (TPSA) is 79.3 Å². The summed E-state index contributed by atoms with van der Waals surface area (Å²) in [6, 6.07) is 13.0. The number of hydrogen-bond donors (Lipinski definition) is 2. The first-order valence-electron chi connectivity index (χ1n) is 10.3. The number of hydrazine groups is 1. The number of nitrogens with one attached hydrogen (secondary N) is 2. The monoisotopic (exact) mass is 425 g/mol. The van der Waals surface area contributed by atoms with Crippen molar-refractivity contribution in [2.45, 2.75) is 44.3 Å². The number of aryl methyl sites for hydroxylation is 1. The van der Waals surface area contributed by atoms with E-state index < -0.39 is 0 Å². The van der Waals surface area contributed by atoms with Crippen molar-refractivity contribution in [1.82, 2.24) is 25.3 Å². The highest BCUT2D eigenvalue weighted by Crippen LogP contribution is 2.23. The van der Waals surface area contributed by atoms with Gasteiger partial charge in [-0.3, -0.25) is 25.0 Å². The molecule has 0 saturated carbocycles. The van der Waals surface area contributed by atoms with Crippen LogP contribution in [0.3, 0.4) is 0 Å². The van der Waals surface area contributed by atoms with Crippen LogP contribution in [0.5, 0.6) is 0 Å². The van der Waals surface area contributed by atoms with Crippen LogP contribution in [0.25, 0.3) is 10.2 Å². The average molecular weight is 426 g/mol. The number of nitrogens with zero attached hydrogens (tertiary/aromatic N) is 3. The van der Waals surface area contributed by atoms with Crippen molar-refractivity contribution < 1.29 is 4.79 Å². The fraction of sp³-hybridized carbons (Fsp3) is 0.409. The summed E-state index contributed by atoms with van der Waals surface area (Å²) in [7, 11) is 1.83. The molecule has 1 aliphatic rings. The standard InChI is InChI=1S/C22H27N5O2S/c1-26(11-5-8-17-14-19(25-24-17)16-6-3-2-4-7-16)20(28)9-12-27-15-23-21-18(22(27)29)10-13-30-21/h2-4,6-7,10,13,15,17,19,24-25H,5,8-9,11-12,14H2,1H3. The third-order valence-electron chi connectivity index (χ3n) is 5.67. The molecule has 30 heavy (non-hydrogen) atoms. The second-order valence-electron chi connectivity index (χ2n) is 7.77. The van der Waals surface area contributed by atoms with Crippen LogP contribution in [0.4, 0.5) is 0 Å². The molecule has 0 radical (unpaired) electrons. The third kappa shape index (κ3) is 4.77. The van der Waals surface area contributed by atoms with Crippen molar-refractivity contribution in [2.75, 3.05) is 13.6 Å². The van der Waals surface area contributed by atoms with Gasteiger partial charge < -0.3 is 4.90 Å². The molecule has 1 aromatic carbocycles. The van der Waals surface area contributed by atoms with Gasteiger partial charge in [0.2, 0.25) is 5.91 Å². The van der Waals surface area contributed by atoms with E-state index in [0.717, 1.165) is 24.1 Å². The van der Waals surface area contributed by atoms with Crippen LogP contribution in [0.1, 0.15) is 37.3 Å². The van der Waals surface area contributed by atoms with Crippen LogP contribution >= 0.6 is 11.3 Å². The molecule has 4 rings (SSSR count). The first-order valence-corrected chi connectivity index (χ1v) is 11.2. The fourth-order valence-electron chi connectivity index (χ4n) is 3.87. The molecule has 0 spiro atoms. The molecule has 0 aliphatic carbocycles. The SMILES string of the molecule is CN(CCCC1CC(c2ccccc2)NN1)C(=O)CCn1cnc2sccc2c1=O. The van der Waals surface area contributed by atoms with Crippen LogP contribution < -0.4 is 16.4 Å². The van der Waals surface area contributed by atoms with Gasteiger partial charge in [-0.05, 0) is 36.3 Å². The van der Waals surface area contributed by atoms with Crippen LogP contribution in [-0.4, -0.2) is 40.0 Å². The molecule has 1 fully saturated rings. The van der Waals surface area contributed by atoms with Gasteiger partial charge in [-0.15, -0.1) is 11.3 Å². The van der Waals surface area contributed by atoms with E-state index in [4.69, 9.17) is 0 Å². The van der Waals surface area contributed by atoms with Crippen molar-refractivity contribution in [3.63, 3.8) is 0 Å². The van der Waals surface area contributed by atoms with Crippen molar-refractivity contribution >= 4 is 27.5 Å². The Kier molecular flexibility index (Phi) is 6.56. The van der Waals surface area contributed by atoms with E-state index in [-0.39, 0.29) is 11.5 Å². The van der Waals surface area contributed by atoms with Crippen LogP contribution in [0.15, 0.2) is 52.9 Å². The highest BCUT2D eigenvalue weighted by atomic mass is 32.1. The number of carbonyl (C=O) groups excluding carboxylic acids is 1. The Morgan fingerprint density at radius 3 is 2.93 bits per heavy atom. The number of carbonyl (C=O) groups is 1. The predicted molar refractivity (Wildman–Crippen MR) is 119 cm³/mol. The number of rotatable bonds is 8. The van der Waals surface area contributed by atoms with Crippen molar-refractivity contribution in [3.05, 3.63) is 64.0 Å². The number of benzene rings is 1. The lowest BCUT2D eigenvalue weighted by Gasteiger charge is -2.18. The molecule has 0 bridgehead atoms. The molecule has 2 atom stereocenters. The Morgan fingerprint density at radius 2 is 2.10 bits per heavy atom. The number of amides is 1. The highest BCUT2D eigenvalue weighted by Gasteiger charge is 2.24. The summed E-state index contributed by atoms with van der Waals surface area (Å²) in [5.41, 5.74) is 7.96. The third-order valence-corrected chi connectivity index (χ3v) is 6.49. The molecule has 7 nitrogen and oxygen atoms in total. The molecule has 2 N–H and O–H groups in total. The summed E-state index contributed by atoms with van der Waals surface area (Å²) in [5, 5.41) is 2.48. The predicted octanol–water partition coefficient (Wildman–Crippen LogP) is 2.69. The lowest BCUT2D eigenvalue weighted by Crippen LogP contribution is -2.33. The van der Waals surface area contributed by atoms with E-state index >= 15 is 0 Å². The van der Waals surface area contributed by atoms with Gasteiger partial charge in [0.05, 0.1) is 11.7 Å². The maximum atomic E-state index is 12.5. The molecule has 3 heterocycles. The lowest BCUT2D eigenvalue weighted by molar-refractivity contribution is -0.130. The summed E-state index contributed by atoms with van der Waals surface area (Å²) >= 11 is 1.45. The van der Waals surface area contributed by atoms with Gasteiger partial charge in [0.15, 0.2) is 0 Å². The maximum absolute atomic E-state index is 12.5. The zero-order valence-corrected chi connectivity index (χ0v) is 17.9. The second-order valence-corrected chi connectivity index (χ2v) is 8.67. The number of thiophene rings is 1. The van der Waals surface area contributed by atoms with E-state index in [1.807, 2.05) is 18.5 Å². The smallest absolute Gasteiger partial charge is 0.262 e. The summed E-state index contributed by atoms with van der Waals surface area (Å²) in [6.07, 6.45) is 4.82. The summed E-state index contributed by atoms with van der Waals surface area (Å²) in [5.74, 6) is 0.0481. The Labute approximate surface area is 179 Å². The van der Waals surface area contributed by atoms with E-state index in [1.54, 1.807) is 11.0 Å². The molecule has 1 amide bonds. The minimum atomic E-state index is -0.0792. The molecule has 1 aliphatic heterocycles. The van der Waals surface area contributed by atoms with E-state index in [9.17, 15) is 9.59 Å². The molecule has 3 aromatic rings. The summed E-state index contributed by atoms with van der Waals surface area (Å²) in [6.45, 7) is 1.07. The quantitative estimate of drug-likeness (QED) is 0.580. The lowest BCUT2D eigenvalue weighted by atomic mass is 10.00. The van der Waals surface area contributed by atoms with Gasteiger partial charge >= 0.3 is 0 Å². The minimum Gasteiger partial charge on any atom is -0.346 e. The highest BCUT2D eigenvalue weighted by molar-refractivity contribution is 7.16. The van der Waals surface area contributed by atoms with Crippen LogP contribution in [0.2, 0.25) is 0 Å². The van der Waals surface area contributed by atoms with Gasteiger partial charge in [-0.1, -0.05) is 30.3 Å². The summed E-state index contributed by atoms with van der Waals surface area (Å²) < 4.78 is 1.53. The van der Waals surface area contributed by atoms with E-state index in [0.29, 0.717) is 37.0 Å². The first kappa shape index (κ1) is 20.7. The van der Waals surface area contributed by atoms with E-state index in [1.165, 1.54) is 27.8 Å². The molecule has 158 valence electrons. The van der Waals surface area contributed by atoms with Crippen molar-refractivity contribution in [1.29, 1.82) is 0 Å². The molecule has 2 aromatic heterocycles. The van der Waals surface area contributed by atoms with Gasteiger partial charge in [-0.2, -0.15) is 0 Å². The Hall–Kier alpha value is -2.55. The number of hydrogen-bond acceptors (Lipinski definition) is 6. The number of fused-ring (bicyclic) bond motifs is 1. The number of aromatic nitrogens is 2. The van der Waals surface area contributed by atoms with Crippen molar-refractivity contribution in [3.8, 4) is 0 Å². The van der Waals surface area contributed by atoms with Gasteiger partial charge in [0, 0.05) is 38.6 Å². The zero-order valence-electron chi connectivity index (χ0n) is 17.1. The van der Waals surface area contributed by atoms with Gasteiger partial charge in [-0.25, -0.2) is 4.98 Å². The Bertz CT molecular complexity index is 1050. The Balaban J connectivity index is 1.19. The average Bonchev–Trinajstić information content (AvgIpc) is 3.43. The van der Waals surface area contributed by atoms with Crippen LogP contribution in [-0.2, 0) is 11.3 Å². The van der Waals surface area contributed by atoms with Crippen LogP contribution in [0, 0.1) is 0 Å². The minimum absolute atomic E-state index is 0.0481. The van der Waals surface area contributed by atoms with Crippen molar-refractivity contribution in [2.24, 2.45) is 0 Å². The van der Waals surface area contributed by atoms with E-state index in [2.05, 4.69) is 40.1 Å². The largest absolute Gasteiger partial charge is 0.346 e. The maximum Gasteiger partial charge on any atom is 0.262 e. The Morgan fingerprint density at radius 1 is 1.27 bits per heavy atom. The zero-order chi connectivity index (χ0) is 20.9. The molecule has 8 heteroatoms. The normalized spacial score (nSPS) is 18.7. The molecular formula is C22H27N5O2S. The molecule has 1 saturated heterocycles. The summed E-state index contributed by atoms with van der Waals surface area (Å²) in [4.78, 5) is 31.7. The molecular weight excluding hydrogens is 398 g/mol.